The van der Waals surface area contributed by atoms with Crippen molar-refractivity contribution in [2.75, 3.05) is 7.11 Å². The fourth-order valence-corrected chi connectivity index (χ4v) is 5.46. The first-order chi connectivity index (χ1) is 23.2. The fourth-order valence-electron chi connectivity index (χ4n) is 5.46. The third-order valence-electron chi connectivity index (χ3n) is 9.99. The number of rotatable bonds is 11. The maximum absolute atomic E-state index is 6.53. The Morgan fingerprint density at radius 1 is 0.551 bits per heavy atom. The van der Waals surface area contributed by atoms with Gasteiger partial charge in [-0.25, -0.2) is 0 Å². The maximum atomic E-state index is 6.53. The second-order valence-electron chi connectivity index (χ2n) is 14.6. The predicted octanol–water partition coefficient (Wildman–Crippen LogP) is 7.03. The van der Waals surface area contributed by atoms with Gasteiger partial charge < -0.3 is 37.6 Å². The lowest BCUT2D eigenvalue weighted by Gasteiger charge is -2.32. The highest BCUT2D eigenvalue weighted by Gasteiger charge is 2.52. The molecule has 10 heteroatoms. The van der Waals surface area contributed by atoms with Crippen molar-refractivity contribution in [1.82, 2.24) is 0 Å². The molecule has 0 saturated carbocycles. The lowest BCUT2D eigenvalue weighted by molar-refractivity contribution is 0.00361. The zero-order chi connectivity index (χ0) is 35.0. The van der Waals surface area contributed by atoms with Crippen molar-refractivity contribution in [2.24, 2.45) is 0 Å². The third kappa shape index (κ3) is 7.48. The Kier molecular flexibility index (Phi) is 9.54. The van der Waals surface area contributed by atoms with Crippen molar-refractivity contribution in [3.8, 4) is 23.0 Å². The summed E-state index contributed by atoms with van der Waals surface area (Å²) in [5.74, 6) is 2.41. The van der Waals surface area contributed by atoms with Crippen molar-refractivity contribution in [3.63, 3.8) is 0 Å². The van der Waals surface area contributed by atoms with Crippen LogP contribution in [0.5, 0.6) is 23.0 Å². The molecule has 0 atom stereocenters. The van der Waals surface area contributed by atoms with Crippen LogP contribution in [-0.2, 0) is 25.2 Å². The van der Waals surface area contributed by atoms with Crippen LogP contribution >= 0.6 is 0 Å². The summed E-state index contributed by atoms with van der Waals surface area (Å²) in [7, 11) is 0.678. The quantitative estimate of drug-likeness (QED) is 0.125. The molecule has 0 amide bonds. The first kappa shape index (κ1) is 34.9. The van der Waals surface area contributed by atoms with Gasteiger partial charge in [-0.2, -0.15) is 0 Å². The number of methoxy groups -OCH3 is 1. The molecule has 4 aromatic rings. The van der Waals surface area contributed by atoms with Crippen molar-refractivity contribution < 1.29 is 37.6 Å². The van der Waals surface area contributed by atoms with Gasteiger partial charge in [-0.3, -0.25) is 0 Å². The molecule has 2 heterocycles. The molecule has 49 heavy (non-hydrogen) atoms. The molecule has 8 nitrogen and oxygen atoms in total. The van der Waals surface area contributed by atoms with E-state index in [-0.39, 0.29) is 0 Å². The first-order valence-corrected chi connectivity index (χ1v) is 16.8. The summed E-state index contributed by atoms with van der Waals surface area (Å²) >= 11 is 0. The van der Waals surface area contributed by atoms with Crippen LogP contribution in [0.25, 0.3) is 0 Å². The molecule has 0 radical (unpaired) electrons. The molecule has 2 fully saturated rings. The van der Waals surface area contributed by atoms with Gasteiger partial charge in [0, 0.05) is 5.56 Å². The highest BCUT2D eigenvalue weighted by molar-refractivity contribution is 6.62. The van der Waals surface area contributed by atoms with Gasteiger partial charge in [0.05, 0.1) is 29.5 Å². The average molecular weight is 664 g/mol. The number of benzene rings is 4. The second-order valence-corrected chi connectivity index (χ2v) is 14.6. The first-order valence-electron chi connectivity index (χ1n) is 16.8. The molecule has 0 aromatic heterocycles. The predicted molar refractivity (Wildman–Crippen MR) is 192 cm³/mol. The summed E-state index contributed by atoms with van der Waals surface area (Å²) in [6.45, 7) is 16.7. The van der Waals surface area contributed by atoms with Crippen LogP contribution in [0.2, 0.25) is 0 Å². The molecular formula is C39H46B2O8. The largest absolute Gasteiger partial charge is 0.494 e. The van der Waals surface area contributed by atoms with E-state index in [1.807, 2.05) is 152 Å². The lowest BCUT2D eigenvalue weighted by atomic mass is 9.79. The summed E-state index contributed by atoms with van der Waals surface area (Å²) in [4.78, 5) is 0. The molecule has 256 valence electrons. The van der Waals surface area contributed by atoms with Gasteiger partial charge in [0.25, 0.3) is 6.29 Å². The van der Waals surface area contributed by atoms with Gasteiger partial charge in [0.15, 0.2) is 11.5 Å². The van der Waals surface area contributed by atoms with Crippen molar-refractivity contribution in [3.05, 3.63) is 108 Å². The molecule has 2 saturated heterocycles. The molecule has 0 unspecified atom stereocenters. The van der Waals surface area contributed by atoms with Crippen LogP contribution in [0.15, 0.2) is 97.1 Å². The number of ether oxygens (including phenoxy) is 4. The molecule has 6 rings (SSSR count). The minimum Gasteiger partial charge on any atom is -0.493 e. The van der Waals surface area contributed by atoms with E-state index in [0.29, 0.717) is 29.6 Å². The highest BCUT2D eigenvalue weighted by atomic mass is 16.7. The van der Waals surface area contributed by atoms with Crippen LogP contribution in [0.1, 0.15) is 72.8 Å². The number of hydrogen-bond donors (Lipinski definition) is 0. The standard InChI is InChI=1S/C39H46B2O8/c1-36(2)37(3,4)47-40(46-36)29-16-20-31(21-17-29)44-35(28-15-24-33(42-9)34(25-28)43-26-27-13-11-10-12-14-27)45-32-22-18-30(19-23-32)41-48-38(5,6)39(7,8)49-41/h10-25,35H,26H2,1-9H3. The Bertz CT molecular complexity index is 1610. The molecule has 0 spiro atoms. The SMILES string of the molecule is COc1ccc(C(Oc2ccc(B3OC(C)(C)C(C)(C)O3)cc2)Oc2ccc(B3OC(C)(C)C(C)(C)O3)cc2)cc1OCc1ccccc1. The van der Waals surface area contributed by atoms with Crippen LogP contribution in [0.4, 0.5) is 0 Å². The van der Waals surface area contributed by atoms with Crippen molar-refractivity contribution in [1.29, 1.82) is 0 Å². The monoisotopic (exact) mass is 664 g/mol. The Hall–Kier alpha value is -3.95. The second kappa shape index (κ2) is 13.4. The summed E-state index contributed by atoms with van der Waals surface area (Å²) in [5.41, 5.74) is 1.87. The third-order valence-corrected chi connectivity index (χ3v) is 9.99. The van der Waals surface area contributed by atoms with E-state index in [1.54, 1.807) is 7.11 Å². The minimum absolute atomic E-state index is 0.383. The zero-order valence-electron chi connectivity index (χ0n) is 29.9. The summed E-state index contributed by atoms with van der Waals surface area (Å²) in [6, 6.07) is 31.1. The maximum Gasteiger partial charge on any atom is 0.494 e. The molecule has 0 N–H and O–H groups in total. The van der Waals surface area contributed by atoms with Crippen LogP contribution in [0.3, 0.4) is 0 Å². The van der Waals surface area contributed by atoms with E-state index in [9.17, 15) is 0 Å². The molecule has 2 aliphatic rings. The molecule has 4 aromatic carbocycles. The van der Waals surface area contributed by atoms with Gasteiger partial charge in [-0.15, -0.1) is 0 Å². The average Bonchev–Trinajstić information content (AvgIpc) is 3.43. The van der Waals surface area contributed by atoms with Crippen LogP contribution in [-0.4, -0.2) is 43.8 Å². The summed E-state index contributed by atoms with van der Waals surface area (Å²) in [6.07, 6.45) is -0.824. The molecular weight excluding hydrogens is 618 g/mol. The molecule has 0 aliphatic carbocycles. The van der Waals surface area contributed by atoms with Gasteiger partial charge in [-0.05, 0) is 114 Å². The Balaban J connectivity index is 1.25. The normalized spacial score (nSPS) is 18.8. The van der Waals surface area contributed by atoms with Crippen LogP contribution < -0.4 is 29.9 Å². The van der Waals surface area contributed by atoms with E-state index in [4.69, 9.17) is 37.6 Å². The topological polar surface area (TPSA) is 73.8 Å². The highest BCUT2D eigenvalue weighted by Crippen LogP contribution is 2.38. The molecule has 0 bridgehead atoms. The zero-order valence-corrected chi connectivity index (χ0v) is 29.9. The Morgan fingerprint density at radius 3 is 1.43 bits per heavy atom. The fraction of sp³-hybridized carbons (Fsp3) is 0.385. The minimum atomic E-state index is -0.824. The van der Waals surface area contributed by atoms with Gasteiger partial charge in [0.2, 0.25) is 0 Å². The summed E-state index contributed by atoms with van der Waals surface area (Å²) < 4.78 is 49.9. The number of hydrogen-bond acceptors (Lipinski definition) is 8. The van der Waals surface area contributed by atoms with Gasteiger partial charge >= 0.3 is 14.2 Å². The lowest BCUT2D eigenvalue weighted by Crippen LogP contribution is -2.41. The Morgan fingerprint density at radius 2 is 1.00 bits per heavy atom. The van der Waals surface area contributed by atoms with E-state index < -0.39 is 42.9 Å². The smallest absolute Gasteiger partial charge is 0.493 e. The van der Waals surface area contributed by atoms with E-state index in [2.05, 4.69) is 0 Å². The van der Waals surface area contributed by atoms with Crippen LogP contribution in [0, 0.1) is 0 Å². The Labute approximate surface area is 291 Å². The molecule has 2 aliphatic heterocycles. The van der Waals surface area contributed by atoms with Crippen molar-refractivity contribution in [2.45, 2.75) is 90.7 Å². The summed E-state index contributed by atoms with van der Waals surface area (Å²) in [5, 5.41) is 0. The van der Waals surface area contributed by atoms with E-state index >= 15 is 0 Å². The van der Waals surface area contributed by atoms with E-state index in [1.165, 1.54) is 0 Å². The van der Waals surface area contributed by atoms with E-state index in [0.717, 1.165) is 22.1 Å². The van der Waals surface area contributed by atoms with Gasteiger partial charge in [-0.1, -0.05) is 54.6 Å². The van der Waals surface area contributed by atoms with Gasteiger partial charge in [0.1, 0.15) is 18.1 Å². The van der Waals surface area contributed by atoms with Crippen molar-refractivity contribution >= 4 is 25.2 Å².